The molecule has 1 saturated heterocycles. The van der Waals surface area contributed by atoms with Crippen molar-refractivity contribution in [3.8, 4) is 0 Å². The summed E-state index contributed by atoms with van der Waals surface area (Å²) in [5.74, 6) is 0.240. The summed E-state index contributed by atoms with van der Waals surface area (Å²) in [5, 5.41) is 8.40. The Hall–Kier alpha value is -1.38. The molecule has 1 N–H and O–H groups in total. The molecule has 0 atom stereocenters. The lowest BCUT2D eigenvalue weighted by atomic mass is 9.95. The van der Waals surface area contributed by atoms with Gasteiger partial charge < -0.3 is 9.64 Å². The Morgan fingerprint density at radius 1 is 1.48 bits per heavy atom. The molecule has 0 aliphatic carbocycles. The van der Waals surface area contributed by atoms with Crippen molar-refractivity contribution < 1.29 is 9.53 Å². The van der Waals surface area contributed by atoms with Crippen LogP contribution in [0, 0.1) is 3.57 Å². The number of nitrogens with zero attached hydrogens (tertiary/aromatic N) is 3. The molecule has 7 heteroatoms. The number of hydrogen-bond donors (Lipinski definition) is 1. The van der Waals surface area contributed by atoms with Crippen LogP contribution in [0.25, 0.3) is 11.0 Å². The maximum absolute atomic E-state index is 11.9. The van der Waals surface area contributed by atoms with Gasteiger partial charge in [-0.15, -0.1) is 0 Å². The Labute approximate surface area is 136 Å². The van der Waals surface area contributed by atoms with Crippen LogP contribution >= 0.6 is 22.6 Å². The van der Waals surface area contributed by atoms with Crippen molar-refractivity contribution in [2.75, 3.05) is 13.1 Å². The Balaban J connectivity index is 1.72. The van der Waals surface area contributed by atoms with Crippen molar-refractivity contribution in [1.82, 2.24) is 20.1 Å². The van der Waals surface area contributed by atoms with E-state index in [1.807, 2.05) is 26.8 Å². The first-order valence-electron chi connectivity index (χ1n) is 6.81. The molecule has 0 aromatic carbocycles. The Bertz CT molecular complexity index is 686. The third kappa shape index (κ3) is 2.83. The van der Waals surface area contributed by atoms with Gasteiger partial charge in [-0.3, -0.25) is 5.10 Å². The van der Waals surface area contributed by atoms with Crippen molar-refractivity contribution in [3.63, 3.8) is 0 Å². The minimum Gasteiger partial charge on any atom is -0.444 e. The fraction of sp³-hybridized carbons (Fsp3) is 0.500. The number of aromatic amines is 1. The number of carbonyl (C=O) groups is 1. The van der Waals surface area contributed by atoms with E-state index < -0.39 is 5.60 Å². The summed E-state index contributed by atoms with van der Waals surface area (Å²) in [6.45, 7) is 6.89. The molecule has 21 heavy (non-hydrogen) atoms. The standard InChI is InChI=1S/C14H17IN4O2/c1-14(2,3)21-13(20)19-6-8(7-19)11-10-9(15)4-5-16-12(10)18-17-11/h4-5,8H,6-7H2,1-3H3,(H,16,17,18). The van der Waals surface area contributed by atoms with E-state index in [0.717, 1.165) is 20.3 Å². The lowest BCUT2D eigenvalue weighted by Crippen LogP contribution is -2.50. The summed E-state index contributed by atoms with van der Waals surface area (Å²) in [6.07, 6.45) is 1.51. The van der Waals surface area contributed by atoms with E-state index in [-0.39, 0.29) is 12.0 Å². The van der Waals surface area contributed by atoms with Gasteiger partial charge in [0.15, 0.2) is 5.65 Å². The first kappa shape index (κ1) is 14.6. The van der Waals surface area contributed by atoms with Crippen LogP contribution in [-0.4, -0.2) is 44.9 Å². The number of halogens is 1. The van der Waals surface area contributed by atoms with Gasteiger partial charge in [-0.25, -0.2) is 9.78 Å². The van der Waals surface area contributed by atoms with Crippen LogP contribution in [0.1, 0.15) is 32.4 Å². The van der Waals surface area contributed by atoms with Crippen LogP contribution < -0.4 is 0 Å². The number of likely N-dealkylation sites (tertiary alicyclic amines) is 1. The topological polar surface area (TPSA) is 71.1 Å². The lowest BCUT2D eigenvalue weighted by molar-refractivity contribution is 0.00797. The van der Waals surface area contributed by atoms with E-state index >= 15 is 0 Å². The molecule has 1 aliphatic rings. The molecule has 0 radical (unpaired) electrons. The molecule has 0 bridgehead atoms. The average molecular weight is 400 g/mol. The summed E-state index contributed by atoms with van der Waals surface area (Å²) in [7, 11) is 0. The maximum Gasteiger partial charge on any atom is 0.410 e. The molecule has 2 aromatic rings. The highest BCUT2D eigenvalue weighted by Crippen LogP contribution is 2.33. The highest BCUT2D eigenvalue weighted by molar-refractivity contribution is 14.1. The number of aromatic nitrogens is 3. The van der Waals surface area contributed by atoms with Gasteiger partial charge in [-0.2, -0.15) is 5.10 Å². The molecule has 1 aliphatic heterocycles. The quantitative estimate of drug-likeness (QED) is 0.748. The summed E-state index contributed by atoms with van der Waals surface area (Å²) < 4.78 is 6.49. The van der Waals surface area contributed by atoms with Crippen molar-refractivity contribution in [2.24, 2.45) is 0 Å². The Morgan fingerprint density at radius 2 is 2.19 bits per heavy atom. The van der Waals surface area contributed by atoms with Crippen LogP contribution in [0.3, 0.4) is 0 Å². The summed E-state index contributed by atoms with van der Waals surface area (Å²) in [6, 6.07) is 1.96. The molecule has 1 fully saturated rings. The van der Waals surface area contributed by atoms with Gasteiger partial charge in [0, 0.05) is 28.8 Å². The summed E-state index contributed by atoms with van der Waals surface area (Å²) in [5.41, 5.74) is 1.33. The molecule has 112 valence electrons. The third-order valence-corrected chi connectivity index (χ3v) is 4.26. The fourth-order valence-electron chi connectivity index (χ4n) is 2.36. The minimum atomic E-state index is -0.458. The zero-order chi connectivity index (χ0) is 15.2. The summed E-state index contributed by atoms with van der Waals surface area (Å²) >= 11 is 2.29. The molecule has 2 aromatic heterocycles. The van der Waals surface area contributed by atoms with Gasteiger partial charge in [-0.1, -0.05) is 0 Å². The normalized spacial score (nSPS) is 16.1. The highest BCUT2D eigenvalue weighted by Gasteiger charge is 2.37. The van der Waals surface area contributed by atoms with E-state index in [1.54, 1.807) is 11.1 Å². The third-order valence-electron chi connectivity index (χ3n) is 3.36. The number of H-pyrrole nitrogens is 1. The van der Waals surface area contributed by atoms with E-state index in [4.69, 9.17) is 4.74 Å². The molecule has 3 rings (SSSR count). The van der Waals surface area contributed by atoms with Crippen molar-refractivity contribution in [3.05, 3.63) is 21.5 Å². The van der Waals surface area contributed by atoms with Gasteiger partial charge in [0.25, 0.3) is 0 Å². The zero-order valence-electron chi connectivity index (χ0n) is 12.2. The minimum absolute atomic E-state index is 0.240. The van der Waals surface area contributed by atoms with Crippen LogP contribution in [0.4, 0.5) is 4.79 Å². The Kier molecular flexibility index (Phi) is 3.54. The number of pyridine rings is 1. The van der Waals surface area contributed by atoms with E-state index in [0.29, 0.717) is 13.1 Å². The smallest absolute Gasteiger partial charge is 0.410 e. The number of hydrogen-bond acceptors (Lipinski definition) is 4. The monoisotopic (exact) mass is 400 g/mol. The predicted octanol–water partition coefficient (Wildman–Crippen LogP) is 2.90. The fourth-order valence-corrected chi connectivity index (χ4v) is 3.05. The number of rotatable bonds is 1. The largest absolute Gasteiger partial charge is 0.444 e. The average Bonchev–Trinajstić information content (AvgIpc) is 2.70. The molecule has 3 heterocycles. The molecule has 0 spiro atoms. The second kappa shape index (κ2) is 5.11. The second-order valence-corrected chi connectivity index (χ2v) is 7.37. The number of amides is 1. The van der Waals surface area contributed by atoms with Gasteiger partial charge in [0.2, 0.25) is 0 Å². The zero-order valence-corrected chi connectivity index (χ0v) is 14.3. The summed E-state index contributed by atoms with van der Waals surface area (Å²) in [4.78, 5) is 17.9. The van der Waals surface area contributed by atoms with Crippen LogP contribution in [-0.2, 0) is 4.74 Å². The second-order valence-electron chi connectivity index (χ2n) is 6.21. The maximum atomic E-state index is 11.9. The molecule has 6 nitrogen and oxygen atoms in total. The van der Waals surface area contributed by atoms with Crippen LogP contribution in [0.15, 0.2) is 12.3 Å². The molecular weight excluding hydrogens is 383 g/mol. The van der Waals surface area contributed by atoms with E-state index in [2.05, 4.69) is 37.8 Å². The van der Waals surface area contributed by atoms with E-state index in [9.17, 15) is 4.79 Å². The van der Waals surface area contributed by atoms with Gasteiger partial charge in [-0.05, 0) is 49.4 Å². The van der Waals surface area contributed by atoms with Gasteiger partial charge in [0.1, 0.15) is 5.60 Å². The first-order chi connectivity index (χ1) is 9.85. The van der Waals surface area contributed by atoms with E-state index in [1.165, 1.54) is 0 Å². The van der Waals surface area contributed by atoms with Crippen molar-refractivity contribution >= 4 is 39.7 Å². The van der Waals surface area contributed by atoms with Gasteiger partial charge in [0.05, 0.1) is 11.1 Å². The number of ether oxygens (including phenoxy) is 1. The van der Waals surface area contributed by atoms with Crippen LogP contribution in [0.5, 0.6) is 0 Å². The number of carbonyl (C=O) groups excluding carboxylic acids is 1. The Morgan fingerprint density at radius 3 is 2.86 bits per heavy atom. The molecule has 0 unspecified atom stereocenters. The number of fused-ring (bicyclic) bond motifs is 1. The predicted molar refractivity (Wildman–Crippen MR) is 87.2 cm³/mol. The van der Waals surface area contributed by atoms with Gasteiger partial charge >= 0.3 is 6.09 Å². The molecule has 1 amide bonds. The van der Waals surface area contributed by atoms with Crippen molar-refractivity contribution in [1.29, 1.82) is 0 Å². The van der Waals surface area contributed by atoms with Crippen molar-refractivity contribution in [2.45, 2.75) is 32.3 Å². The SMILES string of the molecule is CC(C)(C)OC(=O)N1CC(c2n[nH]c3nccc(I)c23)C1. The number of nitrogens with one attached hydrogen (secondary N) is 1. The highest BCUT2D eigenvalue weighted by atomic mass is 127. The molecule has 0 saturated carbocycles. The first-order valence-corrected chi connectivity index (χ1v) is 7.89. The van der Waals surface area contributed by atoms with Crippen LogP contribution in [0.2, 0.25) is 0 Å². The molecular formula is C14H17IN4O2. The lowest BCUT2D eigenvalue weighted by Gasteiger charge is -2.39.